The second-order valence-electron chi connectivity index (χ2n) is 4.88. The summed E-state index contributed by atoms with van der Waals surface area (Å²) in [4.78, 5) is 12.1. The largest absolute Gasteiger partial charge is 0.377 e. The van der Waals surface area contributed by atoms with Crippen LogP contribution in [0.3, 0.4) is 0 Å². The number of rotatable bonds is 5. The van der Waals surface area contributed by atoms with Crippen LogP contribution in [0.2, 0.25) is 0 Å². The normalized spacial score (nSPS) is 22.4. The fourth-order valence-electron chi connectivity index (χ4n) is 2.42. The zero-order chi connectivity index (χ0) is 13.7. The smallest absolute Gasteiger partial charge is 0.226 e. The predicted molar refractivity (Wildman–Crippen MR) is 79.1 cm³/mol. The number of carbonyl (C=O) groups excluding carboxylic acids is 1. The molecule has 0 aliphatic carbocycles. The van der Waals surface area contributed by atoms with Crippen molar-refractivity contribution in [1.29, 1.82) is 0 Å². The molecule has 1 aliphatic rings. The fraction of sp³-hybridized carbons (Fsp3) is 0.533. The highest BCUT2D eigenvalue weighted by atomic mass is 79.9. The lowest BCUT2D eigenvalue weighted by molar-refractivity contribution is -0.126. The maximum Gasteiger partial charge on any atom is 0.226 e. The summed E-state index contributed by atoms with van der Waals surface area (Å²) in [7, 11) is 0. The first kappa shape index (κ1) is 14.5. The topological polar surface area (TPSA) is 38.3 Å². The van der Waals surface area contributed by atoms with E-state index in [1.54, 1.807) is 0 Å². The van der Waals surface area contributed by atoms with Crippen LogP contribution in [-0.2, 0) is 21.4 Å². The van der Waals surface area contributed by atoms with Gasteiger partial charge in [-0.25, -0.2) is 0 Å². The molecule has 1 amide bonds. The van der Waals surface area contributed by atoms with Gasteiger partial charge in [0.1, 0.15) is 0 Å². The average molecular weight is 326 g/mol. The van der Waals surface area contributed by atoms with E-state index in [2.05, 4.69) is 52.4 Å². The Morgan fingerprint density at radius 2 is 2.05 bits per heavy atom. The number of carbonyl (C=O) groups is 1. The lowest BCUT2D eigenvalue weighted by Crippen LogP contribution is -2.34. The van der Waals surface area contributed by atoms with E-state index in [0.29, 0.717) is 13.2 Å². The van der Waals surface area contributed by atoms with Gasteiger partial charge in [-0.1, -0.05) is 47.1 Å². The Morgan fingerprint density at radius 1 is 1.37 bits per heavy atom. The maximum atomic E-state index is 12.1. The van der Waals surface area contributed by atoms with E-state index >= 15 is 0 Å². The number of nitrogens with one attached hydrogen (secondary N) is 1. The highest BCUT2D eigenvalue weighted by Crippen LogP contribution is 2.23. The van der Waals surface area contributed by atoms with Crippen molar-refractivity contribution < 1.29 is 9.53 Å². The molecule has 1 heterocycles. The fourth-order valence-corrected chi connectivity index (χ4v) is 2.79. The van der Waals surface area contributed by atoms with Crippen molar-refractivity contribution in [2.24, 2.45) is 5.92 Å². The quantitative estimate of drug-likeness (QED) is 0.845. The molecule has 1 saturated heterocycles. The summed E-state index contributed by atoms with van der Waals surface area (Å²) < 4.78 is 5.55. The first-order valence-electron chi connectivity index (χ1n) is 6.77. The molecule has 0 saturated carbocycles. The molecule has 19 heavy (non-hydrogen) atoms. The Morgan fingerprint density at radius 3 is 2.68 bits per heavy atom. The maximum absolute atomic E-state index is 12.1. The Hall–Kier alpha value is -0.870. The molecule has 1 fully saturated rings. The molecular formula is C15H20BrNO2. The van der Waals surface area contributed by atoms with Gasteiger partial charge in [0.25, 0.3) is 0 Å². The lowest BCUT2D eigenvalue weighted by Gasteiger charge is -2.16. The molecule has 104 valence electrons. The Labute approximate surface area is 122 Å². The number of halogens is 1. The number of hydrogen-bond donors (Lipinski definition) is 1. The SMILES string of the molecule is CCC1OCCC1C(=O)NCc1ccc(CBr)cc1. The minimum Gasteiger partial charge on any atom is -0.377 e. The minimum atomic E-state index is 0.0202. The van der Waals surface area contributed by atoms with Gasteiger partial charge in [0, 0.05) is 18.5 Å². The van der Waals surface area contributed by atoms with Crippen LogP contribution in [0.5, 0.6) is 0 Å². The van der Waals surface area contributed by atoms with Crippen LogP contribution in [0.4, 0.5) is 0 Å². The second-order valence-corrected chi connectivity index (χ2v) is 5.44. The summed E-state index contributed by atoms with van der Waals surface area (Å²) in [5, 5.41) is 3.87. The molecule has 0 bridgehead atoms. The molecule has 1 aromatic carbocycles. The van der Waals surface area contributed by atoms with E-state index in [-0.39, 0.29) is 17.9 Å². The van der Waals surface area contributed by atoms with Crippen molar-refractivity contribution in [3.05, 3.63) is 35.4 Å². The van der Waals surface area contributed by atoms with Gasteiger partial charge in [0.2, 0.25) is 5.91 Å². The zero-order valence-corrected chi connectivity index (χ0v) is 12.8. The molecule has 1 N–H and O–H groups in total. The molecular weight excluding hydrogens is 306 g/mol. The van der Waals surface area contributed by atoms with Gasteiger partial charge in [0.05, 0.1) is 12.0 Å². The first-order chi connectivity index (χ1) is 9.24. The zero-order valence-electron chi connectivity index (χ0n) is 11.2. The van der Waals surface area contributed by atoms with Crippen LogP contribution < -0.4 is 5.32 Å². The molecule has 4 heteroatoms. The summed E-state index contributed by atoms with van der Waals surface area (Å²) in [6.07, 6.45) is 1.83. The highest BCUT2D eigenvalue weighted by molar-refractivity contribution is 9.08. The van der Waals surface area contributed by atoms with E-state index in [1.165, 1.54) is 5.56 Å². The highest BCUT2D eigenvalue weighted by Gasteiger charge is 2.32. The number of ether oxygens (including phenoxy) is 1. The van der Waals surface area contributed by atoms with Crippen LogP contribution in [-0.4, -0.2) is 18.6 Å². The first-order valence-corrected chi connectivity index (χ1v) is 7.89. The molecule has 2 unspecified atom stereocenters. The van der Waals surface area contributed by atoms with E-state index in [9.17, 15) is 4.79 Å². The van der Waals surface area contributed by atoms with Crippen LogP contribution in [0, 0.1) is 5.92 Å². The van der Waals surface area contributed by atoms with Gasteiger partial charge in [-0.15, -0.1) is 0 Å². The van der Waals surface area contributed by atoms with Gasteiger partial charge in [0.15, 0.2) is 0 Å². The van der Waals surface area contributed by atoms with Gasteiger partial charge < -0.3 is 10.1 Å². The lowest BCUT2D eigenvalue weighted by atomic mass is 9.98. The summed E-state index contributed by atoms with van der Waals surface area (Å²) in [5.41, 5.74) is 2.37. The van der Waals surface area contributed by atoms with Gasteiger partial charge >= 0.3 is 0 Å². The minimum absolute atomic E-state index is 0.0202. The molecule has 0 radical (unpaired) electrons. The monoisotopic (exact) mass is 325 g/mol. The third kappa shape index (κ3) is 3.80. The standard InChI is InChI=1S/C15H20BrNO2/c1-2-14-13(7-8-19-14)15(18)17-10-12-5-3-11(9-16)4-6-12/h3-6,13-14H,2,7-10H2,1H3,(H,17,18). The Kier molecular flexibility index (Phi) is 5.40. The summed E-state index contributed by atoms with van der Waals surface area (Å²) in [6, 6.07) is 8.26. The third-order valence-corrected chi connectivity index (χ3v) is 4.24. The molecule has 0 aromatic heterocycles. The van der Waals surface area contributed by atoms with Crippen LogP contribution in [0.25, 0.3) is 0 Å². The second kappa shape index (κ2) is 7.06. The van der Waals surface area contributed by atoms with Gasteiger partial charge in [-0.05, 0) is 24.0 Å². The Balaban J connectivity index is 1.85. The van der Waals surface area contributed by atoms with E-state index in [1.807, 2.05) is 0 Å². The number of amides is 1. The molecule has 1 aromatic rings. The van der Waals surface area contributed by atoms with Crippen LogP contribution in [0.1, 0.15) is 30.9 Å². The van der Waals surface area contributed by atoms with Crippen molar-refractivity contribution in [2.45, 2.75) is 37.7 Å². The van der Waals surface area contributed by atoms with Gasteiger partial charge in [-0.2, -0.15) is 0 Å². The van der Waals surface area contributed by atoms with E-state index < -0.39 is 0 Å². The van der Waals surface area contributed by atoms with Gasteiger partial charge in [-0.3, -0.25) is 4.79 Å². The average Bonchev–Trinajstić information content (AvgIpc) is 2.93. The molecule has 0 spiro atoms. The number of hydrogen-bond acceptors (Lipinski definition) is 2. The molecule has 1 aliphatic heterocycles. The van der Waals surface area contributed by atoms with Crippen molar-refractivity contribution in [3.8, 4) is 0 Å². The molecule has 2 rings (SSSR count). The molecule has 3 nitrogen and oxygen atoms in total. The number of alkyl halides is 1. The molecule has 2 atom stereocenters. The summed E-state index contributed by atoms with van der Waals surface area (Å²) >= 11 is 3.42. The van der Waals surface area contributed by atoms with Crippen molar-refractivity contribution >= 4 is 21.8 Å². The van der Waals surface area contributed by atoms with Crippen molar-refractivity contribution in [1.82, 2.24) is 5.32 Å². The summed E-state index contributed by atoms with van der Waals surface area (Å²) in [6.45, 7) is 3.36. The third-order valence-electron chi connectivity index (χ3n) is 3.59. The number of benzene rings is 1. The predicted octanol–water partition coefficient (Wildman–Crippen LogP) is 3.01. The summed E-state index contributed by atoms with van der Waals surface area (Å²) in [5.74, 6) is 0.140. The van der Waals surface area contributed by atoms with Crippen molar-refractivity contribution in [3.63, 3.8) is 0 Å². The van der Waals surface area contributed by atoms with Crippen molar-refractivity contribution in [2.75, 3.05) is 6.61 Å². The van der Waals surface area contributed by atoms with Crippen LogP contribution >= 0.6 is 15.9 Å². The Bertz CT molecular complexity index is 419. The van der Waals surface area contributed by atoms with E-state index in [0.717, 1.165) is 23.7 Å². The van der Waals surface area contributed by atoms with E-state index in [4.69, 9.17) is 4.74 Å². The van der Waals surface area contributed by atoms with Crippen LogP contribution in [0.15, 0.2) is 24.3 Å².